The van der Waals surface area contributed by atoms with Crippen LogP contribution in [0.1, 0.15) is 31.4 Å². The smallest absolute Gasteiger partial charge is 0.228 e. The minimum Gasteiger partial charge on any atom is -0.325 e. The lowest BCUT2D eigenvalue weighted by Gasteiger charge is -2.27. The van der Waals surface area contributed by atoms with Gasteiger partial charge in [-0.2, -0.15) is 0 Å². The van der Waals surface area contributed by atoms with Crippen LogP contribution in [0, 0.1) is 18.8 Å². The first-order valence-electron chi connectivity index (χ1n) is 7.21. The van der Waals surface area contributed by atoms with E-state index < -0.39 is 0 Å². The van der Waals surface area contributed by atoms with E-state index in [0.717, 1.165) is 37.2 Å². The van der Waals surface area contributed by atoms with Crippen LogP contribution in [0.4, 0.5) is 5.69 Å². The Morgan fingerprint density at radius 1 is 1.42 bits per heavy atom. The summed E-state index contributed by atoms with van der Waals surface area (Å²) in [6.07, 6.45) is 1.92. The van der Waals surface area contributed by atoms with Gasteiger partial charge in [0.05, 0.1) is 5.92 Å². The fraction of sp³-hybridized carbons (Fsp3) is 0.562. The number of carbonyl (C=O) groups is 1. The number of benzene rings is 1. The predicted octanol–water partition coefficient (Wildman–Crippen LogP) is 2.74. The Bertz CT molecular complexity index is 456. The number of para-hydroxylation sites is 1. The highest BCUT2D eigenvalue weighted by atomic mass is 16.1. The first-order valence-corrected chi connectivity index (χ1v) is 7.21. The summed E-state index contributed by atoms with van der Waals surface area (Å²) in [5, 5.41) is 6.47. The van der Waals surface area contributed by atoms with Gasteiger partial charge in [-0.1, -0.05) is 32.0 Å². The van der Waals surface area contributed by atoms with Gasteiger partial charge >= 0.3 is 0 Å². The van der Waals surface area contributed by atoms with E-state index in [4.69, 9.17) is 0 Å². The number of rotatable bonds is 3. The van der Waals surface area contributed by atoms with Crippen molar-refractivity contribution in [2.45, 2.75) is 33.6 Å². The van der Waals surface area contributed by atoms with Crippen molar-refractivity contribution in [1.29, 1.82) is 0 Å². The van der Waals surface area contributed by atoms with Gasteiger partial charge in [0.15, 0.2) is 0 Å². The molecule has 1 amide bonds. The first-order chi connectivity index (χ1) is 9.11. The maximum atomic E-state index is 12.4. The van der Waals surface area contributed by atoms with Crippen LogP contribution in [-0.4, -0.2) is 19.0 Å². The van der Waals surface area contributed by atoms with Crippen LogP contribution in [-0.2, 0) is 11.2 Å². The van der Waals surface area contributed by atoms with Gasteiger partial charge in [0.1, 0.15) is 0 Å². The lowest BCUT2D eigenvalue weighted by atomic mass is 9.91. The second-order valence-electron chi connectivity index (χ2n) is 5.65. The maximum Gasteiger partial charge on any atom is 0.228 e. The second-order valence-corrected chi connectivity index (χ2v) is 5.65. The summed E-state index contributed by atoms with van der Waals surface area (Å²) in [7, 11) is 0. The summed E-state index contributed by atoms with van der Waals surface area (Å²) in [6, 6.07) is 6.19. The fourth-order valence-electron chi connectivity index (χ4n) is 2.78. The number of aryl methyl sites for hydroxylation is 2. The highest BCUT2D eigenvalue weighted by Crippen LogP contribution is 2.23. The quantitative estimate of drug-likeness (QED) is 0.877. The Balaban J connectivity index is 2.10. The summed E-state index contributed by atoms with van der Waals surface area (Å²) >= 11 is 0. The number of piperidine rings is 1. The van der Waals surface area contributed by atoms with Gasteiger partial charge in [-0.15, -0.1) is 0 Å². The summed E-state index contributed by atoms with van der Waals surface area (Å²) in [5.41, 5.74) is 3.36. The zero-order valence-electron chi connectivity index (χ0n) is 12.1. The molecule has 1 heterocycles. The average Bonchev–Trinajstić information content (AvgIpc) is 2.41. The molecule has 1 aliphatic heterocycles. The molecule has 3 nitrogen and oxygen atoms in total. The average molecular weight is 260 g/mol. The van der Waals surface area contributed by atoms with Gasteiger partial charge in [-0.25, -0.2) is 0 Å². The molecule has 19 heavy (non-hydrogen) atoms. The first kappa shape index (κ1) is 14.1. The highest BCUT2D eigenvalue weighted by molar-refractivity contribution is 5.94. The van der Waals surface area contributed by atoms with Crippen molar-refractivity contribution in [3.05, 3.63) is 29.3 Å². The molecule has 1 saturated heterocycles. The van der Waals surface area contributed by atoms with Crippen molar-refractivity contribution in [2.24, 2.45) is 11.8 Å². The third-order valence-corrected chi connectivity index (χ3v) is 3.93. The van der Waals surface area contributed by atoms with Crippen molar-refractivity contribution < 1.29 is 4.79 Å². The molecule has 1 fully saturated rings. The third kappa shape index (κ3) is 3.35. The van der Waals surface area contributed by atoms with E-state index in [1.165, 1.54) is 5.56 Å². The number of carbonyl (C=O) groups excluding carboxylic acids is 1. The monoisotopic (exact) mass is 260 g/mol. The zero-order valence-corrected chi connectivity index (χ0v) is 12.1. The molecular weight excluding hydrogens is 236 g/mol. The van der Waals surface area contributed by atoms with Gasteiger partial charge in [0, 0.05) is 12.2 Å². The van der Waals surface area contributed by atoms with Gasteiger partial charge < -0.3 is 10.6 Å². The SMILES string of the molecule is CCc1cccc(C)c1NC(=O)C1CNCC(C)C1. The van der Waals surface area contributed by atoms with Gasteiger partial charge in [-0.3, -0.25) is 4.79 Å². The summed E-state index contributed by atoms with van der Waals surface area (Å²) < 4.78 is 0. The Morgan fingerprint density at radius 2 is 2.21 bits per heavy atom. The van der Waals surface area contributed by atoms with Gasteiger partial charge in [0.2, 0.25) is 5.91 Å². The maximum absolute atomic E-state index is 12.4. The van der Waals surface area contributed by atoms with Crippen LogP contribution >= 0.6 is 0 Å². The Morgan fingerprint density at radius 3 is 2.89 bits per heavy atom. The van der Waals surface area contributed by atoms with E-state index in [-0.39, 0.29) is 11.8 Å². The van der Waals surface area contributed by atoms with Crippen LogP contribution in [0.2, 0.25) is 0 Å². The van der Waals surface area contributed by atoms with Crippen LogP contribution in [0.3, 0.4) is 0 Å². The molecule has 2 unspecified atom stereocenters. The van der Waals surface area contributed by atoms with E-state index >= 15 is 0 Å². The van der Waals surface area contributed by atoms with Crippen LogP contribution < -0.4 is 10.6 Å². The summed E-state index contributed by atoms with van der Waals surface area (Å²) in [4.78, 5) is 12.4. The zero-order chi connectivity index (χ0) is 13.8. The summed E-state index contributed by atoms with van der Waals surface area (Å²) in [5.74, 6) is 0.822. The molecule has 0 radical (unpaired) electrons. The molecule has 2 atom stereocenters. The molecule has 0 spiro atoms. The summed E-state index contributed by atoms with van der Waals surface area (Å²) in [6.45, 7) is 8.18. The van der Waals surface area contributed by atoms with Crippen molar-refractivity contribution in [3.8, 4) is 0 Å². The number of anilines is 1. The van der Waals surface area contributed by atoms with Crippen molar-refractivity contribution in [2.75, 3.05) is 18.4 Å². The van der Waals surface area contributed by atoms with Gasteiger partial charge in [-0.05, 0) is 43.4 Å². The van der Waals surface area contributed by atoms with Crippen molar-refractivity contribution in [3.63, 3.8) is 0 Å². The molecule has 0 aliphatic carbocycles. The van der Waals surface area contributed by atoms with Gasteiger partial charge in [0.25, 0.3) is 0 Å². The van der Waals surface area contributed by atoms with Crippen molar-refractivity contribution in [1.82, 2.24) is 5.32 Å². The van der Waals surface area contributed by atoms with E-state index in [2.05, 4.69) is 43.5 Å². The van der Waals surface area contributed by atoms with Crippen LogP contribution in [0.25, 0.3) is 0 Å². The fourth-order valence-corrected chi connectivity index (χ4v) is 2.78. The van der Waals surface area contributed by atoms with Crippen molar-refractivity contribution >= 4 is 11.6 Å². The number of hydrogen-bond acceptors (Lipinski definition) is 2. The molecular formula is C16H24N2O. The Hall–Kier alpha value is -1.35. The standard InChI is InChI=1S/C16H24N2O/c1-4-13-7-5-6-12(3)15(13)18-16(19)14-8-11(2)9-17-10-14/h5-7,11,14,17H,4,8-10H2,1-3H3,(H,18,19). The van der Waals surface area contributed by atoms with Crippen LogP contribution in [0.15, 0.2) is 18.2 Å². The molecule has 0 saturated carbocycles. The lowest BCUT2D eigenvalue weighted by molar-refractivity contribution is -0.120. The molecule has 2 N–H and O–H groups in total. The van der Waals surface area contributed by atoms with E-state index in [9.17, 15) is 4.79 Å². The lowest BCUT2D eigenvalue weighted by Crippen LogP contribution is -2.41. The molecule has 0 aromatic heterocycles. The highest BCUT2D eigenvalue weighted by Gasteiger charge is 2.25. The number of nitrogens with one attached hydrogen (secondary N) is 2. The minimum absolute atomic E-state index is 0.0908. The molecule has 104 valence electrons. The normalized spacial score (nSPS) is 23.1. The predicted molar refractivity (Wildman–Crippen MR) is 79.3 cm³/mol. The number of amides is 1. The Kier molecular flexibility index (Phi) is 4.59. The topological polar surface area (TPSA) is 41.1 Å². The van der Waals surface area contributed by atoms with E-state index in [1.807, 2.05) is 6.07 Å². The molecule has 0 bridgehead atoms. The van der Waals surface area contributed by atoms with Crippen LogP contribution in [0.5, 0.6) is 0 Å². The molecule has 3 heteroatoms. The second kappa shape index (κ2) is 6.20. The van der Waals surface area contributed by atoms with E-state index in [1.54, 1.807) is 0 Å². The minimum atomic E-state index is 0.0908. The molecule has 2 rings (SSSR count). The van der Waals surface area contributed by atoms with E-state index in [0.29, 0.717) is 5.92 Å². The third-order valence-electron chi connectivity index (χ3n) is 3.93. The molecule has 1 aromatic carbocycles. The Labute approximate surface area is 115 Å². The largest absolute Gasteiger partial charge is 0.325 e. The molecule has 1 aliphatic rings. The molecule has 1 aromatic rings. The number of hydrogen-bond donors (Lipinski definition) is 2.